The standard InChI is InChI=1S/C15H13BrN2O2/c1-19-12-3-4-13(16)11(7-12)9-20-15-5-2-10(8-17)6-14(15)18/h2-7H,9,18H2,1H3. The van der Waals surface area contributed by atoms with Gasteiger partial charge in [-0.2, -0.15) is 5.26 Å². The predicted octanol–water partition coefficient (Wildman–Crippen LogP) is 3.49. The van der Waals surface area contributed by atoms with Crippen molar-refractivity contribution in [2.45, 2.75) is 6.61 Å². The van der Waals surface area contributed by atoms with Gasteiger partial charge in [-0.1, -0.05) is 15.9 Å². The Morgan fingerprint density at radius 3 is 2.70 bits per heavy atom. The van der Waals surface area contributed by atoms with E-state index in [9.17, 15) is 0 Å². The maximum absolute atomic E-state index is 8.79. The molecule has 0 saturated heterocycles. The highest BCUT2D eigenvalue weighted by Gasteiger charge is 2.06. The summed E-state index contributed by atoms with van der Waals surface area (Å²) < 4.78 is 11.8. The van der Waals surface area contributed by atoms with Crippen LogP contribution in [0.1, 0.15) is 11.1 Å². The van der Waals surface area contributed by atoms with Crippen LogP contribution in [0.4, 0.5) is 5.69 Å². The number of nitrogen functional groups attached to an aromatic ring is 1. The van der Waals surface area contributed by atoms with Gasteiger partial charge in [0.15, 0.2) is 0 Å². The number of nitrogens with two attached hydrogens (primary N) is 1. The lowest BCUT2D eigenvalue weighted by Gasteiger charge is -2.11. The molecule has 0 bridgehead atoms. The second-order valence-corrected chi connectivity index (χ2v) is 4.96. The van der Waals surface area contributed by atoms with Gasteiger partial charge in [0.05, 0.1) is 24.4 Å². The lowest BCUT2D eigenvalue weighted by atomic mass is 10.2. The molecule has 0 radical (unpaired) electrons. The molecule has 0 aliphatic rings. The van der Waals surface area contributed by atoms with Crippen molar-refractivity contribution in [3.8, 4) is 17.6 Å². The first kappa shape index (κ1) is 14.2. The fourth-order valence-corrected chi connectivity index (χ4v) is 2.05. The van der Waals surface area contributed by atoms with Crippen LogP contribution in [0.5, 0.6) is 11.5 Å². The number of halogens is 1. The van der Waals surface area contributed by atoms with E-state index >= 15 is 0 Å². The first-order chi connectivity index (χ1) is 9.63. The Bertz CT molecular complexity index is 665. The van der Waals surface area contributed by atoms with Gasteiger partial charge in [-0.3, -0.25) is 0 Å². The van der Waals surface area contributed by atoms with E-state index in [1.165, 1.54) is 0 Å². The Morgan fingerprint density at radius 2 is 2.05 bits per heavy atom. The third-order valence-electron chi connectivity index (χ3n) is 2.77. The van der Waals surface area contributed by atoms with Crippen LogP contribution in [-0.4, -0.2) is 7.11 Å². The largest absolute Gasteiger partial charge is 0.497 e. The van der Waals surface area contributed by atoms with Crippen molar-refractivity contribution in [1.82, 2.24) is 0 Å². The van der Waals surface area contributed by atoms with Gasteiger partial charge in [-0.05, 0) is 36.4 Å². The fourth-order valence-electron chi connectivity index (χ4n) is 1.69. The summed E-state index contributed by atoms with van der Waals surface area (Å²) in [6.07, 6.45) is 0. The molecule has 20 heavy (non-hydrogen) atoms. The number of ether oxygens (including phenoxy) is 2. The highest BCUT2D eigenvalue weighted by Crippen LogP contribution is 2.27. The molecular formula is C15H13BrN2O2. The number of nitrogens with zero attached hydrogens (tertiary/aromatic N) is 1. The minimum atomic E-state index is 0.355. The minimum Gasteiger partial charge on any atom is -0.497 e. The maximum atomic E-state index is 8.79. The molecule has 2 rings (SSSR count). The number of hydrogen-bond acceptors (Lipinski definition) is 4. The van der Waals surface area contributed by atoms with Crippen LogP contribution in [-0.2, 0) is 6.61 Å². The van der Waals surface area contributed by atoms with Gasteiger partial charge in [0, 0.05) is 10.0 Å². The summed E-state index contributed by atoms with van der Waals surface area (Å²) in [5.41, 5.74) is 7.75. The van der Waals surface area contributed by atoms with E-state index in [2.05, 4.69) is 15.9 Å². The normalized spacial score (nSPS) is 9.85. The highest BCUT2D eigenvalue weighted by molar-refractivity contribution is 9.10. The SMILES string of the molecule is COc1ccc(Br)c(COc2ccc(C#N)cc2N)c1. The van der Waals surface area contributed by atoms with Crippen molar-refractivity contribution < 1.29 is 9.47 Å². The molecule has 2 N–H and O–H groups in total. The van der Waals surface area contributed by atoms with Crippen molar-refractivity contribution in [2.75, 3.05) is 12.8 Å². The molecule has 0 amide bonds. The van der Waals surface area contributed by atoms with Gasteiger partial charge in [-0.25, -0.2) is 0 Å². The first-order valence-corrected chi connectivity index (χ1v) is 6.68. The molecule has 4 nitrogen and oxygen atoms in total. The lowest BCUT2D eigenvalue weighted by Crippen LogP contribution is -2.00. The van der Waals surface area contributed by atoms with Crippen molar-refractivity contribution in [2.24, 2.45) is 0 Å². The third-order valence-corrected chi connectivity index (χ3v) is 3.55. The molecule has 0 aliphatic heterocycles. The summed E-state index contributed by atoms with van der Waals surface area (Å²) in [6, 6.07) is 12.7. The van der Waals surface area contributed by atoms with E-state index in [0.717, 1.165) is 15.8 Å². The average Bonchev–Trinajstić information content (AvgIpc) is 2.47. The Labute approximate surface area is 125 Å². The molecule has 102 valence electrons. The summed E-state index contributed by atoms with van der Waals surface area (Å²) in [5, 5.41) is 8.79. The fraction of sp³-hybridized carbons (Fsp3) is 0.133. The van der Waals surface area contributed by atoms with Crippen LogP contribution in [0.3, 0.4) is 0 Å². The van der Waals surface area contributed by atoms with E-state index in [4.69, 9.17) is 20.5 Å². The van der Waals surface area contributed by atoms with Crippen molar-refractivity contribution in [3.05, 3.63) is 52.0 Å². The van der Waals surface area contributed by atoms with Gasteiger partial charge < -0.3 is 15.2 Å². The quantitative estimate of drug-likeness (QED) is 0.870. The molecule has 5 heteroatoms. The van der Waals surface area contributed by atoms with Crippen LogP contribution in [0.15, 0.2) is 40.9 Å². The van der Waals surface area contributed by atoms with Gasteiger partial charge >= 0.3 is 0 Å². The van der Waals surface area contributed by atoms with Crippen molar-refractivity contribution in [3.63, 3.8) is 0 Å². The average molecular weight is 333 g/mol. The van der Waals surface area contributed by atoms with E-state index < -0.39 is 0 Å². The van der Waals surface area contributed by atoms with Gasteiger partial charge in [0.25, 0.3) is 0 Å². The summed E-state index contributed by atoms with van der Waals surface area (Å²) in [4.78, 5) is 0. The monoisotopic (exact) mass is 332 g/mol. The molecule has 0 aromatic heterocycles. The summed E-state index contributed by atoms with van der Waals surface area (Å²) in [7, 11) is 1.62. The van der Waals surface area contributed by atoms with Gasteiger partial charge in [0.1, 0.15) is 18.1 Å². The van der Waals surface area contributed by atoms with E-state index in [1.807, 2.05) is 24.3 Å². The Hall–Kier alpha value is -2.19. The molecule has 0 saturated carbocycles. The molecule has 2 aromatic carbocycles. The van der Waals surface area contributed by atoms with E-state index in [0.29, 0.717) is 23.6 Å². The Balaban J connectivity index is 2.15. The van der Waals surface area contributed by atoms with Crippen molar-refractivity contribution in [1.29, 1.82) is 5.26 Å². The summed E-state index contributed by atoms with van der Waals surface area (Å²) in [5.74, 6) is 1.32. The van der Waals surface area contributed by atoms with Crippen LogP contribution in [0.25, 0.3) is 0 Å². The number of hydrogen-bond donors (Lipinski definition) is 1. The minimum absolute atomic E-state index is 0.355. The predicted molar refractivity (Wildman–Crippen MR) is 80.6 cm³/mol. The molecule has 0 fully saturated rings. The lowest BCUT2D eigenvalue weighted by molar-refractivity contribution is 0.306. The van der Waals surface area contributed by atoms with Crippen molar-refractivity contribution >= 4 is 21.6 Å². The number of benzene rings is 2. The molecule has 0 aliphatic carbocycles. The zero-order valence-corrected chi connectivity index (χ0v) is 12.5. The number of anilines is 1. The zero-order chi connectivity index (χ0) is 14.5. The van der Waals surface area contributed by atoms with Crippen LogP contribution >= 0.6 is 15.9 Å². The molecule has 2 aromatic rings. The molecule has 0 heterocycles. The number of nitriles is 1. The number of methoxy groups -OCH3 is 1. The Morgan fingerprint density at radius 1 is 1.25 bits per heavy atom. The second kappa shape index (κ2) is 6.31. The van der Waals surface area contributed by atoms with Crippen LogP contribution in [0, 0.1) is 11.3 Å². The zero-order valence-electron chi connectivity index (χ0n) is 10.9. The molecule has 0 unspecified atom stereocenters. The van der Waals surface area contributed by atoms with Gasteiger partial charge in [0.2, 0.25) is 0 Å². The highest BCUT2D eigenvalue weighted by atomic mass is 79.9. The third kappa shape index (κ3) is 3.22. The van der Waals surface area contributed by atoms with Crippen LogP contribution < -0.4 is 15.2 Å². The van der Waals surface area contributed by atoms with E-state index in [-0.39, 0.29) is 0 Å². The molecule has 0 atom stereocenters. The second-order valence-electron chi connectivity index (χ2n) is 4.11. The molecular weight excluding hydrogens is 320 g/mol. The Kier molecular flexibility index (Phi) is 4.49. The molecule has 0 spiro atoms. The maximum Gasteiger partial charge on any atom is 0.142 e. The first-order valence-electron chi connectivity index (χ1n) is 5.89. The van der Waals surface area contributed by atoms with Gasteiger partial charge in [-0.15, -0.1) is 0 Å². The smallest absolute Gasteiger partial charge is 0.142 e. The van der Waals surface area contributed by atoms with Crippen LogP contribution in [0.2, 0.25) is 0 Å². The topological polar surface area (TPSA) is 68.3 Å². The summed E-state index contributed by atoms with van der Waals surface area (Å²) in [6.45, 7) is 0.355. The summed E-state index contributed by atoms with van der Waals surface area (Å²) >= 11 is 3.46. The van der Waals surface area contributed by atoms with E-state index in [1.54, 1.807) is 25.3 Å². The number of rotatable bonds is 4.